The second-order valence-electron chi connectivity index (χ2n) is 22.3. The Morgan fingerprint density at radius 1 is 0.614 bits per heavy atom. The summed E-state index contributed by atoms with van der Waals surface area (Å²) < 4.78 is 59.1. The number of aromatic nitrogens is 2. The van der Waals surface area contributed by atoms with Gasteiger partial charge in [-0.2, -0.15) is 9.29 Å². The molecule has 5 unspecified atom stereocenters. The first-order valence-electron chi connectivity index (χ1n) is 27.2. The van der Waals surface area contributed by atoms with Crippen molar-refractivity contribution in [3.63, 3.8) is 0 Å². The first-order valence-corrected chi connectivity index (χ1v) is 30.2. The van der Waals surface area contributed by atoms with Gasteiger partial charge in [-0.25, -0.2) is 13.9 Å². The first kappa shape index (κ1) is 64.9. The molecule has 1 aliphatic heterocycles. The summed E-state index contributed by atoms with van der Waals surface area (Å²) in [5.41, 5.74) is 4.67. The molecule has 0 aromatic carbocycles. The third-order valence-electron chi connectivity index (χ3n) is 14.0. The largest absolute Gasteiger partial charge is 0.481 e. The number of phosphoric ester groups is 2. The molecule has 1 aliphatic rings. The zero-order valence-electron chi connectivity index (χ0n) is 45.2. The Balaban J connectivity index is 1.85. The minimum absolute atomic E-state index is 0.0678. The van der Waals surface area contributed by atoms with Crippen LogP contribution in [0.15, 0.2) is 17.1 Å². The van der Waals surface area contributed by atoms with E-state index in [0.29, 0.717) is 36.9 Å². The number of rotatable bonds is 42. The van der Waals surface area contributed by atoms with E-state index >= 15 is 0 Å². The van der Waals surface area contributed by atoms with Crippen LogP contribution in [0.25, 0.3) is 0 Å². The minimum atomic E-state index is -5.30. The van der Waals surface area contributed by atoms with Gasteiger partial charge in [0.05, 0.1) is 19.8 Å². The van der Waals surface area contributed by atoms with Crippen molar-refractivity contribution in [2.75, 3.05) is 38.8 Å². The molecule has 2 rings (SSSR count). The van der Waals surface area contributed by atoms with Gasteiger partial charge in [0.2, 0.25) is 0 Å². The minimum Gasteiger partial charge on any atom is -0.387 e. The second-order valence-corrected chi connectivity index (χ2v) is 25.4. The van der Waals surface area contributed by atoms with Crippen molar-refractivity contribution in [1.29, 1.82) is 0 Å². The highest BCUT2D eigenvalue weighted by molar-refractivity contribution is 7.61. The van der Waals surface area contributed by atoms with Gasteiger partial charge in [-0.15, -0.1) is 0 Å². The number of anilines is 1. The number of ether oxygens (including phenoxy) is 3. The number of hydrogen-bond donors (Lipinski definition) is 5. The van der Waals surface area contributed by atoms with E-state index in [0.717, 1.165) is 60.3 Å². The van der Waals surface area contributed by atoms with Crippen LogP contribution in [0, 0.1) is 47.3 Å². The molecule has 2 heterocycles. The number of aliphatic hydroxyl groups is 2. The quantitative estimate of drug-likeness (QED) is 0.0303. The van der Waals surface area contributed by atoms with Gasteiger partial charge in [0, 0.05) is 19.4 Å². The van der Waals surface area contributed by atoms with E-state index in [1.807, 2.05) is 0 Å². The molecule has 6 N–H and O–H groups in total. The molecule has 70 heavy (non-hydrogen) atoms. The fraction of sp³-hybridized carbons (Fsp3) is 0.923. The van der Waals surface area contributed by atoms with Crippen molar-refractivity contribution in [2.45, 2.75) is 228 Å². The summed E-state index contributed by atoms with van der Waals surface area (Å²) in [4.78, 5) is 36.8. The molecule has 0 aliphatic carbocycles. The van der Waals surface area contributed by atoms with Crippen molar-refractivity contribution >= 4 is 21.5 Å². The maximum atomic E-state index is 13.0. The lowest BCUT2D eigenvalue weighted by Crippen LogP contribution is -2.36. The molecule has 0 bridgehead atoms. The van der Waals surface area contributed by atoms with Gasteiger partial charge in [0.15, 0.2) is 6.23 Å². The third kappa shape index (κ3) is 29.6. The molecule has 0 spiro atoms. The predicted molar refractivity (Wildman–Crippen MR) is 279 cm³/mol. The highest BCUT2D eigenvalue weighted by atomic mass is 31.3. The Kier molecular flexibility index (Phi) is 32.5. The lowest BCUT2D eigenvalue weighted by molar-refractivity contribution is -0.0551. The number of phosphoric acid groups is 2. The van der Waals surface area contributed by atoms with Gasteiger partial charge < -0.3 is 39.9 Å². The lowest BCUT2D eigenvalue weighted by atomic mass is 9.91. The molecule has 412 valence electrons. The number of nitrogens with zero attached hydrogens (tertiary/aromatic N) is 2. The summed E-state index contributed by atoms with van der Waals surface area (Å²) in [6.07, 6.45) is 18.4. The summed E-state index contributed by atoms with van der Waals surface area (Å²) in [5.74, 6) is 5.34. The van der Waals surface area contributed by atoms with Gasteiger partial charge in [0.1, 0.15) is 30.2 Å². The van der Waals surface area contributed by atoms with E-state index < -0.39 is 65.2 Å². The van der Waals surface area contributed by atoms with Crippen LogP contribution in [-0.2, 0) is 36.7 Å². The molecule has 1 aromatic rings. The SMILES string of the molecule is CC(C)CCC[C@@H](C)CCC[C@@H](C)CCC[C@@H](C)CCOCC(COP(=O)(O)OP(=O)(O)OC[C@H]1O[C@@H](n2ccc(N)nc2=O)C(O)C1O)OCC[C@@H](C)CCC[C@@H](C)CCC[C@@H](C)CCCC(C)C. The predicted octanol–water partition coefficient (Wildman–Crippen LogP) is 12.0. The molecule has 1 saturated heterocycles. The van der Waals surface area contributed by atoms with Crippen LogP contribution in [0.4, 0.5) is 5.82 Å². The Bertz CT molecular complexity index is 1670. The van der Waals surface area contributed by atoms with E-state index in [1.165, 1.54) is 109 Å². The maximum Gasteiger partial charge on any atom is 0.481 e. The molecule has 0 amide bonds. The normalized spacial score (nSPS) is 22.4. The summed E-state index contributed by atoms with van der Waals surface area (Å²) in [6.45, 7) is 22.7. The Morgan fingerprint density at radius 2 is 1.03 bits per heavy atom. The van der Waals surface area contributed by atoms with Gasteiger partial charge in [-0.3, -0.25) is 13.6 Å². The van der Waals surface area contributed by atoms with E-state index in [-0.39, 0.29) is 12.4 Å². The number of nitrogens with two attached hydrogens (primary N) is 1. The van der Waals surface area contributed by atoms with Crippen molar-refractivity contribution in [3.05, 3.63) is 22.7 Å². The van der Waals surface area contributed by atoms with Gasteiger partial charge in [-0.1, -0.05) is 185 Å². The highest BCUT2D eigenvalue weighted by Crippen LogP contribution is 2.60. The monoisotopic (exact) mass is 1040 g/mol. The fourth-order valence-corrected chi connectivity index (χ4v) is 11.3. The Labute approximate surface area is 423 Å². The number of aliphatic hydroxyl groups excluding tert-OH is 2. The highest BCUT2D eigenvalue weighted by Gasteiger charge is 2.46. The zero-order valence-corrected chi connectivity index (χ0v) is 47.0. The molecular formula is C52H101N3O13P2. The smallest absolute Gasteiger partial charge is 0.387 e. The van der Waals surface area contributed by atoms with Crippen LogP contribution >= 0.6 is 15.6 Å². The van der Waals surface area contributed by atoms with Crippen LogP contribution in [0.1, 0.15) is 204 Å². The average Bonchev–Trinajstić information content (AvgIpc) is 3.54. The van der Waals surface area contributed by atoms with Crippen LogP contribution in [0.3, 0.4) is 0 Å². The molecule has 16 nitrogen and oxygen atoms in total. The molecule has 0 radical (unpaired) electrons. The second kappa shape index (κ2) is 35.1. The van der Waals surface area contributed by atoms with Crippen LogP contribution in [0.2, 0.25) is 0 Å². The molecule has 0 saturated carbocycles. The van der Waals surface area contributed by atoms with E-state index in [9.17, 15) is 33.9 Å². The van der Waals surface area contributed by atoms with Gasteiger partial charge >= 0.3 is 21.3 Å². The summed E-state index contributed by atoms with van der Waals surface area (Å²) in [6, 6.07) is 1.29. The molecular weight excluding hydrogens is 937 g/mol. The number of nitrogen functional groups attached to an aromatic ring is 1. The van der Waals surface area contributed by atoms with E-state index in [4.69, 9.17) is 29.0 Å². The summed E-state index contributed by atoms with van der Waals surface area (Å²) in [7, 11) is -10.5. The lowest BCUT2D eigenvalue weighted by Gasteiger charge is -2.22. The van der Waals surface area contributed by atoms with Gasteiger partial charge in [0.25, 0.3) is 0 Å². The van der Waals surface area contributed by atoms with Crippen LogP contribution in [-0.4, -0.2) is 87.0 Å². The van der Waals surface area contributed by atoms with Crippen molar-refractivity contribution < 1.29 is 56.7 Å². The topological polar surface area (TPSA) is 231 Å². The fourth-order valence-electron chi connectivity index (χ4n) is 9.19. The van der Waals surface area contributed by atoms with Crippen LogP contribution in [0.5, 0.6) is 0 Å². The molecule has 1 aromatic heterocycles. The molecule has 13 atom stereocenters. The third-order valence-corrected chi connectivity index (χ3v) is 16.7. The summed E-state index contributed by atoms with van der Waals surface area (Å²) >= 11 is 0. The average molecular weight is 1040 g/mol. The van der Waals surface area contributed by atoms with Crippen LogP contribution < -0.4 is 11.4 Å². The van der Waals surface area contributed by atoms with Gasteiger partial charge in [-0.05, 0) is 66.3 Å². The Morgan fingerprint density at radius 3 is 1.47 bits per heavy atom. The van der Waals surface area contributed by atoms with E-state index in [2.05, 4.69) is 78.5 Å². The summed E-state index contributed by atoms with van der Waals surface area (Å²) in [5, 5.41) is 21.0. The standard InChI is InChI=1S/C52H101N3O13P2/c1-38(2)17-11-19-40(5)21-13-23-42(7)25-15-27-44(9)30-33-63-35-46(64-34-31-45(10)28-16-26-43(8)24-14-22-41(6)20-12-18-39(3)4)36-65-69(59,60)68-70(61,62)66-37-47-49(56)50(57)51(67-47)55-32-29-48(53)54-52(55)58/h29,32,38-47,49-51,56-57H,11-28,30-31,33-37H2,1-10H3,(H,59,60)(H,61,62)(H2,53,54,58)/t40-,41+,42-,43+,44-,45+,46?,47-,49?,50?,51-/m1/s1. The number of hydrogen-bond acceptors (Lipinski definition) is 13. The van der Waals surface area contributed by atoms with Crippen molar-refractivity contribution in [1.82, 2.24) is 9.55 Å². The van der Waals surface area contributed by atoms with Crippen molar-refractivity contribution in [2.24, 2.45) is 47.3 Å². The van der Waals surface area contributed by atoms with Crippen molar-refractivity contribution in [3.8, 4) is 0 Å². The first-order chi connectivity index (χ1) is 33.0. The van der Waals surface area contributed by atoms with E-state index in [1.54, 1.807) is 0 Å². The molecule has 1 fully saturated rings. The zero-order chi connectivity index (χ0) is 52.3. The maximum absolute atomic E-state index is 13.0. The Hall–Kier alpha value is -1.26. The molecule has 18 heteroatoms.